The molecule has 0 aliphatic carbocycles. The maximum atomic E-state index is 12.5. The van der Waals surface area contributed by atoms with Crippen molar-refractivity contribution in [1.29, 1.82) is 0 Å². The SMILES string of the molecule is CCc1ccc(NC(=O)CC2C(=O)Nc3c(-c4ccc(C)cc4)cnn32)cc1. The molecule has 28 heavy (non-hydrogen) atoms. The summed E-state index contributed by atoms with van der Waals surface area (Å²) in [5.41, 5.74) is 4.93. The van der Waals surface area contributed by atoms with Crippen LogP contribution in [0.15, 0.2) is 54.7 Å². The summed E-state index contributed by atoms with van der Waals surface area (Å²) in [4.78, 5) is 24.9. The van der Waals surface area contributed by atoms with Crippen LogP contribution >= 0.6 is 0 Å². The smallest absolute Gasteiger partial charge is 0.251 e. The third kappa shape index (κ3) is 3.41. The van der Waals surface area contributed by atoms with Gasteiger partial charge in [0, 0.05) is 11.3 Å². The number of aromatic nitrogens is 2. The van der Waals surface area contributed by atoms with Gasteiger partial charge in [-0.25, -0.2) is 4.68 Å². The van der Waals surface area contributed by atoms with E-state index >= 15 is 0 Å². The van der Waals surface area contributed by atoms with Crippen LogP contribution in [-0.2, 0) is 16.0 Å². The monoisotopic (exact) mass is 374 g/mol. The molecule has 1 aromatic heterocycles. The zero-order chi connectivity index (χ0) is 19.7. The number of nitrogens with one attached hydrogen (secondary N) is 2. The second-order valence-electron chi connectivity index (χ2n) is 7.03. The predicted molar refractivity (Wildman–Crippen MR) is 109 cm³/mol. The Labute approximate surface area is 163 Å². The Kier molecular flexibility index (Phi) is 4.69. The fourth-order valence-electron chi connectivity index (χ4n) is 3.37. The van der Waals surface area contributed by atoms with E-state index in [2.05, 4.69) is 22.7 Å². The van der Waals surface area contributed by atoms with E-state index in [1.807, 2.05) is 55.5 Å². The van der Waals surface area contributed by atoms with Gasteiger partial charge in [0.2, 0.25) is 5.91 Å². The fraction of sp³-hybridized carbons (Fsp3) is 0.227. The van der Waals surface area contributed by atoms with Crippen LogP contribution in [-0.4, -0.2) is 21.6 Å². The topological polar surface area (TPSA) is 76.0 Å². The first-order chi connectivity index (χ1) is 13.5. The lowest BCUT2D eigenvalue weighted by molar-refractivity contribution is -0.123. The van der Waals surface area contributed by atoms with Gasteiger partial charge in [-0.3, -0.25) is 9.59 Å². The van der Waals surface area contributed by atoms with Gasteiger partial charge in [0.1, 0.15) is 11.9 Å². The van der Waals surface area contributed by atoms with Gasteiger partial charge < -0.3 is 10.6 Å². The van der Waals surface area contributed by atoms with Crippen molar-refractivity contribution in [3.63, 3.8) is 0 Å². The number of nitrogens with zero attached hydrogens (tertiary/aromatic N) is 2. The minimum absolute atomic E-state index is 0.0311. The summed E-state index contributed by atoms with van der Waals surface area (Å²) in [7, 11) is 0. The molecule has 2 heterocycles. The summed E-state index contributed by atoms with van der Waals surface area (Å²) < 4.78 is 1.61. The Morgan fingerprint density at radius 1 is 1.14 bits per heavy atom. The van der Waals surface area contributed by atoms with E-state index in [0.717, 1.165) is 28.8 Å². The van der Waals surface area contributed by atoms with Gasteiger partial charge in [0.15, 0.2) is 0 Å². The molecule has 1 aliphatic heterocycles. The van der Waals surface area contributed by atoms with E-state index in [0.29, 0.717) is 5.82 Å². The average Bonchev–Trinajstić information content (AvgIpc) is 3.23. The summed E-state index contributed by atoms with van der Waals surface area (Å²) >= 11 is 0. The van der Waals surface area contributed by atoms with Crippen LogP contribution in [0.2, 0.25) is 0 Å². The van der Waals surface area contributed by atoms with Crippen molar-refractivity contribution in [2.75, 3.05) is 10.6 Å². The van der Waals surface area contributed by atoms with Gasteiger partial charge in [0.05, 0.1) is 12.6 Å². The third-order valence-corrected chi connectivity index (χ3v) is 5.02. The number of carbonyl (C=O) groups is 2. The molecule has 142 valence electrons. The zero-order valence-electron chi connectivity index (χ0n) is 15.9. The number of amides is 2. The molecule has 0 fully saturated rings. The van der Waals surface area contributed by atoms with Crippen molar-refractivity contribution >= 4 is 23.3 Å². The molecule has 2 N–H and O–H groups in total. The Morgan fingerprint density at radius 2 is 1.86 bits per heavy atom. The summed E-state index contributed by atoms with van der Waals surface area (Å²) in [6.07, 6.45) is 2.71. The number of anilines is 2. The highest BCUT2D eigenvalue weighted by Crippen LogP contribution is 2.35. The van der Waals surface area contributed by atoms with E-state index < -0.39 is 6.04 Å². The number of hydrogen-bond donors (Lipinski definition) is 2. The largest absolute Gasteiger partial charge is 0.326 e. The number of carbonyl (C=O) groups excluding carboxylic acids is 2. The van der Waals surface area contributed by atoms with Gasteiger partial charge in [-0.15, -0.1) is 0 Å². The van der Waals surface area contributed by atoms with Gasteiger partial charge in [-0.2, -0.15) is 5.10 Å². The van der Waals surface area contributed by atoms with Crippen LogP contribution in [0.3, 0.4) is 0 Å². The minimum atomic E-state index is -0.649. The van der Waals surface area contributed by atoms with Crippen LogP contribution in [0, 0.1) is 6.92 Å². The molecule has 4 rings (SSSR count). The van der Waals surface area contributed by atoms with Crippen LogP contribution < -0.4 is 10.6 Å². The molecular formula is C22H22N4O2. The van der Waals surface area contributed by atoms with Crippen LogP contribution in [0.1, 0.15) is 30.5 Å². The molecule has 1 atom stereocenters. The number of benzene rings is 2. The molecule has 0 saturated heterocycles. The molecule has 3 aromatic rings. The standard InChI is InChI=1S/C22H22N4O2/c1-3-15-6-10-17(11-7-15)24-20(27)12-19-22(28)25-21-18(13-23-26(19)21)16-8-4-14(2)5-9-16/h4-11,13,19H,3,12H2,1-2H3,(H,24,27)(H,25,28). The summed E-state index contributed by atoms with van der Waals surface area (Å²) in [5, 5.41) is 10.1. The molecule has 2 aromatic carbocycles. The second kappa shape index (κ2) is 7.31. The van der Waals surface area contributed by atoms with Gasteiger partial charge in [0.25, 0.3) is 5.91 Å². The van der Waals surface area contributed by atoms with E-state index in [4.69, 9.17) is 0 Å². The summed E-state index contributed by atoms with van der Waals surface area (Å²) in [6.45, 7) is 4.11. The molecule has 0 spiro atoms. The molecule has 0 radical (unpaired) electrons. The predicted octanol–water partition coefficient (Wildman–Crippen LogP) is 3.94. The number of rotatable bonds is 5. The van der Waals surface area contributed by atoms with E-state index in [9.17, 15) is 9.59 Å². The van der Waals surface area contributed by atoms with Gasteiger partial charge >= 0.3 is 0 Å². The number of aryl methyl sites for hydroxylation is 2. The molecule has 0 saturated carbocycles. The first-order valence-electron chi connectivity index (χ1n) is 9.39. The third-order valence-electron chi connectivity index (χ3n) is 5.02. The highest BCUT2D eigenvalue weighted by molar-refractivity contribution is 6.04. The van der Waals surface area contributed by atoms with Gasteiger partial charge in [-0.1, -0.05) is 48.9 Å². The van der Waals surface area contributed by atoms with Crippen LogP contribution in [0.5, 0.6) is 0 Å². The highest BCUT2D eigenvalue weighted by Gasteiger charge is 2.35. The average molecular weight is 374 g/mol. The van der Waals surface area contributed by atoms with Gasteiger partial charge in [-0.05, 0) is 36.6 Å². The lowest BCUT2D eigenvalue weighted by Gasteiger charge is -2.10. The number of hydrogen-bond acceptors (Lipinski definition) is 3. The maximum Gasteiger partial charge on any atom is 0.251 e. The first kappa shape index (κ1) is 18.0. The molecule has 0 bridgehead atoms. The molecule has 6 heteroatoms. The second-order valence-corrected chi connectivity index (χ2v) is 7.03. The maximum absolute atomic E-state index is 12.5. The molecule has 2 amide bonds. The number of fused-ring (bicyclic) bond motifs is 1. The van der Waals surface area contributed by atoms with Crippen molar-refractivity contribution < 1.29 is 9.59 Å². The zero-order valence-corrected chi connectivity index (χ0v) is 15.9. The van der Waals surface area contributed by atoms with Crippen LogP contribution in [0.25, 0.3) is 11.1 Å². The quantitative estimate of drug-likeness (QED) is 0.710. The van der Waals surface area contributed by atoms with Crippen molar-refractivity contribution in [1.82, 2.24) is 9.78 Å². The summed E-state index contributed by atoms with van der Waals surface area (Å²) in [6, 6.07) is 15.1. The normalized spacial score (nSPS) is 15.2. The van der Waals surface area contributed by atoms with E-state index in [-0.39, 0.29) is 18.2 Å². The Balaban J connectivity index is 1.50. The Bertz CT molecular complexity index is 1020. The van der Waals surface area contributed by atoms with Crippen LogP contribution in [0.4, 0.5) is 11.5 Å². The van der Waals surface area contributed by atoms with Crippen molar-refractivity contribution in [2.24, 2.45) is 0 Å². The van der Waals surface area contributed by atoms with Crippen molar-refractivity contribution in [2.45, 2.75) is 32.7 Å². The molecule has 1 aliphatic rings. The fourth-order valence-corrected chi connectivity index (χ4v) is 3.37. The van der Waals surface area contributed by atoms with E-state index in [1.54, 1.807) is 10.9 Å². The van der Waals surface area contributed by atoms with E-state index in [1.165, 1.54) is 5.56 Å². The minimum Gasteiger partial charge on any atom is -0.326 e. The highest BCUT2D eigenvalue weighted by atomic mass is 16.2. The molecule has 6 nitrogen and oxygen atoms in total. The van der Waals surface area contributed by atoms with Crippen molar-refractivity contribution in [3.05, 3.63) is 65.9 Å². The summed E-state index contributed by atoms with van der Waals surface area (Å²) in [5.74, 6) is 0.205. The Hall–Kier alpha value is -3.41. The molecular weight excluding hydrogens is 352 g/mol. The Morgan fingerprint density at radius 3 is 2.54 bits per heavy atom. The lowest BCUT2D eigenvalue weighted by Crippen LogP contribution is -2.23. The van der Waals surface area contributed by atoms with Crippen molar-refractivity contribution in [3.8, 4) is 11.1 Å². The first-order valence-corrected chi connectivity index (χ1v) is 9.39. The lowest BCUT2D eigenvalue weighted by atomic mass is 10.1. The molecule has 1 unspecified atom stereocenters.